The minimum absolute atomic E-state index is 0.133. The first kappa shape index (κ1) is 58.4. The molecule has 1 fully saturated rings. The van der Waals surface area contributed by atoms with E-state index in [0.717, 1.165) is 77.0 Å². The molecule has 0 spiro atoms. The smallest absolute Gasteiger partial charge is 0.306 e. The van der Waals surface area contributed by atoms with E-state index in [1.54, 1.807) is 0 Å². The van der Waals surface area contributed by atoms with Crippen LogP contribution in [-0.2, 0) is 38.7 Å². The maximum Gasteiger partial charge on any atom is 0.306 e. The third kappa shape index (κ3) is 34.4. The van der Waals surface area contributed by atoms with Gasteiger partial charge in [-0.2, -0.15) is 8.42 Å². The molecule has 1 heterocycles. The molecule has 12 nitrogen and oxygen atoms in total. The largest absolute Gasteiger partial charge is 0.462 e. The highest BCUT2D eigenvalue weighted by atomic mass is 32.2. The monoisotopic (exact) mass is 911 g/mol. The lowest BCUT2D eigenvalue weighted by Gasteiger charge is -2.40. The fourth-order valence-corrected chi connectivity index (χ4v) is 7.76. The molecule has 1 aliphatic rings. The van der Waals surface area contributed by atoms with Gasteiger partial charge in [0.15, 0.2) is 12.4 Å². The number of carbonyl (C=O) groups excluding carboxylic acids is 2. The summed E-state index contributed by atoms with van der Waals surface area (Å²) < 4.78 is 54.1. The fourth-order valence-electron chi connectivity index (χ4n) is 7.07. The van der Waals surface area contributed by atoms with Crippen molar-refractivity contribution in [3.8, 4) is 0 Å². The molecule has 6 atom stereocenters. The van der Waals surface area contributed by atoms with E-state index in [9.17, 15) is 37.9 Å². The van der Waals surface area contributed by atoms with Crippen molar-refractivity contribution in [3.05, 3.63) is 60.8 Å². The van der Waals surface area contributed by atoms with Crippen molar-refractivity contribution < 1.29 is 56.8 Å². The van der Waals surface area contributed by atoms with Gasteiger partial charge in [0.25, 0.3) is 10.1 Å². The quantitative estimate of drug-likeness (QED) is 0.0198. The summed E-state index contributed by atoms with van der Waals surface area (Å²) in [6.07, 6.45) is 39.7. The van der Waals surface area contributed by atoms with Crippen LogP contribution in [0.5, 0.6) is 0 Å². The predicted molar refractivity (Wildman–Crippen MR) is 252 cm³/mol. The summed E-state index contributed by atoms with van der Waals surface area (Å²) in [5, 5.41) is 30.9. The molecule has 0 aromatic heterocycles. The third-order valence-corrected chi connectivity index (χ3v) is 11.6. The highest BCUT2D eigenvalue weighted by Crippen LogP contribution is 2.24. The molecule has 0 aromatic carbocycles. The van der Waals surface area contributed by atoms with E-state index in [0.29, 0.717) is 12.8 Å². The molecular weight excluding hydrogens is 825 g/mol. The van der Waals surface area contributed by atoms with Crippen LogP contribution in [0.1, 0.15) is 187 Å². The van der Waals surface area contributed by atoms with Gasteiger partial charge in [-0.05, 0) is 77.0 Å². The average Bonchev–Trinajstić information content (AvgIpc) is 3.25. The zero-order valence-corrected chi connectivity index (χ0v) is 39.7. The molecule has 0 amide bonds. The first-order valence-electron chi connectivity index (χ1n) is 24.3. The maximum atomic E-state index is 12.8. The van der Waals surface area contributed by atoms with E-state index in [1.807, 2.05) is 0 Å². The molecule has 1 aliphatic heterocycles. The van der Waals surface area contributed by atoms with Crippen molar-refractivity contribution in [3.63, 3.8) is 0 Å². The van der Waals surface area contributed by atoms with Crippen molar-refractivity contribution in [1.82, 2.24) is 0 Å². The molecule has 6 unspecified atom stereocenters. The van der Waals surface area contributed by atoms with E-state index in [4.69, 9.17) is 18.9 Å². The number of aliphatic hydroxyl groups excluding tert-OH is 3. The van der Waals surface area contributed by atoms with E-state index < -0.39 is 71.2 Å². The van der Waals surface area contributed by atoms with Gasteiger partial charge in [-0.15, -0.1) is 0 Å². The highest BCUT2D eigenvalue weighted by Gasteiger charge is 2.46. The van der Waals surface area contributed by atoms with Crippen LogP contribution in [0.2, 0.25) is 0 Å². The SMILES string of the molecule is CC/C=C\C/C=C\C/C=C\C/C=C\CCCCCCC(=O)OC(COC(=O)CCCCCCCCC/C=C\CCCCCCCCC)COC1OC(CS(=O)(=O)O)C(O)C(O)C1O. The molecule has 0 aliphatic carbocycles. The summed E-state index contributed by atoms with van der Waals surface area (Å²) in [6.45, 7) is 3.63. The van der Waals surface area contributed by atoms with Crippen molar-refractivity contribution in [2.45, 2.75) is 224 Å². The Hall–Kier alpha value is -2.65. The minimum atomic E-state index is -4.61. The van der Waals surface area contributed by atoms with Gasteiger partial charge in [0.1, 0.15) is 36.8 Å². The number of esters is 2. The highest BCUT2D eigenvalue weighted by molar-refractivity contribution is 7.85. The van der Waals surface area contributed by atoms with Crippen LogP contribution in [-0.4, -0.2) is 96.0 Å². The Labute approximate surface area is 381 Å². The van der Waals surface area contributed by atoms with E-state index in [2.05, 4.69) is 74.6 Å². The third-order valence-electron chi connectivity index (χ3n) is 10.8. The second-order valence-corrected chi connectivity index (χ2v) is 18.2. The van der Waals surface area contributed by atoms with Crippen LogP contribution in [0.15, 0.2) is 60.8 Å². The number of hydrogen-bond donors (Lipinski definition) is 4. The van der Waals surface area contributed by atoms with Crippen molar-refractivity contribution in [2.24, 2.45) is 0 Å². The van der Waals surface area contributed by atoms with Gasteiger partial charge in [0.2, 0.25) is 0 Å². The van der Waals surface area contributed by atoms with Crippen molar-refractivity contribution >= 4 is 22.1 Å². The zero-order chi connectivity index (χ0) is 46.2. The van der Waals surface area contributed by atoms with Crippen LogP contribution >= 0.6 is 0 Å². The van der Waals surface area contributed by atoms with Gasteiger partial charge in [0.05, 0.1) is 6.61 Å². The van der Waals surface area contributed by atoms with Crippen LogP contribution in [0.3, 0.4) is 0 Å². The average molecular weight is 911 g/mol. The molecule has 0 aromatic rings. The number of unbranched alkanes of at least 4 members (excludes halogenated alkanes) is 18. The Balaban J connectivity index is 2.43. The molecule has 13 heteroatoms. The van der Waals surface area contributed by atoms with Gasteiger partial charge >= 0.3 is 11.9 Å². The van der Waals surface area contributed by atoms with Crippen LogP contribution in [0.4, 0.5) is 0 Å². The van der Waals surface area contributed by atoms with Gasteiger partial charge in [-0.25, -0.2) is 0 Å². The number of carbonyl (C=O) groups is 2. The molecule has 1 rings (SSSR count). The molecule has 0 saturated carbocycles. The Bertz CT molecular complexity index is 1390. The first-order chi connectivity index (χ1) is 30.5. The lowest BCUT2D eigenvalue weighted by atomic mass is 10.00. The van der Waals surface area contributed by atoms with E-state index in [1.165, 1.54) is 70.6 Å². The maximum absolute atomic E-state index is 12.8. The normalized spacial score (nSPS) is 20.3. The standard InChI is InChI=1S/C50H86O12S/c1-3-5-7-9-11-13-15-17-19-21-23-24-26-28-30-32-34-36-38-45(51)59-40-43(41-60-50-49(55)48(54)47(53)44(62-50)42-63(56,57)58)61-46(52)39-37-35-33-31-29-27-25-22-20-18-16-14-12-10-8-6-4-2/h6,8,12,14,18-21,25,27,43-44,47-50,53-55H,3-5,7,9-11,13,15-17,22-24,26,28-42H2,1-2H3,(H,56,57,58)/b8-6-,14-12-,20-18-,21-19-,27-25-. The fraction of sp³-hybridized carbons (Fsp3) is 0.760. The number of allylic oxidation sites excluding steroid dienone is 10. The summed E-state index contributed by atoms with van der Waals surface area (Å²) in [4.78, 5) is 25.5. The summed E-state index contributed by atoms with van der Waals surface area (Å²) in [7, 11) is -4.61. The number of ether oxygens (including phenoxy) is 4. The zero-order valence-electron chi connectivity index (χ0n) is 38.9. The van der Waals surface area contributed by atoms with Gasteiger partial charge in [0, 0.05) is 12.8 Å². The second kappa shape index (κ2) is 39.7. The number of rotatable bonds is 40. The van der Waals surface area contributed by atoms with E-state index >= 15 is 0 Å². The van der Waals surface area contributed by atoms with Crippen LogP contribution in [0.25, 0.3) is 0 Å². The topological polar surface area (TPSA) is 186 Å². The lowest BCUT2D eigenvalue weighted by molar-refractivity contribution is -0.297. The Kier molecular flexibility index (Phi) is 36.8. The Morgan fingerprint density at radius 1 is 0.556 bits per heavy atom. The van der Waals surface area contributed by atoms with Crippen molar-refractivity contribution in [2.75, 3.05) is 19.0 Å². The Morgan fingerprint density at radius 2 is 1.00 bits per heavy atom. The van der Waals surface area contributed by atoms with Gasteiger partial charge in [-0.1, -0.05) is 158 Å². The summed E-state index contributed by atoms with van der Waals surface area (Å²) in [5.41, 5.74) is 0. The minimum Gasteiger partial charge on any atom is -0.462 e. The van der Waals surface area contributed by atoms with Crippen LogP contribution in [0, 0.1) is 0 Å². The van der Waals surface area contributed by atoms with Crippen LogP contribution < -0.4 is 0 Å². The molecule has 63 heavy (non-hydrogen) atoms. The number of hydrogen-bond acceptors (Lipinski definition) is 11. The molecular formula is C50H86O12S. The summed E-state index contributed by atoms with van der Waals surface area (Å²) in [5.74, 6) is -2.02. The molecule has 4 N–H and O–H groups in total. The predicted octanol–water partition coefficient (Wildman–Crippen LogP) is 10.5. The Morgan fingerprint density at radius 3 is 1.51 bits per heavy atom. The molecule has 0 radical (unpaired) electrons. The molecule has 1 saturated heterocycles. The first-order valence-corrected chi connectivity index (χ1v) is 26.0. The van der Waals surface area contributed by atoms with Crippen molar-refractivity contribution in [1.29, 1.82) is 0 Å². The molecule has 0 bridgehead atoms. The van der Waals surface area contributed by atoms with Gasteiger partial charge < -0.3 is 34.3 Å². The van der Waals surface area contributed by atoms with Gasteiger partial charge in [-0.3, -0.25) is 14.1 Å². The lowest BCUT2D eigenvalue weighted by Crippen LogP contribution is -2.60. The summed E-state index contributed by atoms with van der Waals surface area (Å²) >= 11 is 0. The van der Waals surface area contributed by atoms with E-state index in [-0.39, 0.29) is 19.4 Å². The second-order valence-electron chi connectivity index (χ2n) is 16.7. The number of aliphatic hydroxyl groups is 3. The summed E-state index contributed by atoms with van der Waals surface area (Å²) in [6, 6.07) is 0. The molecule has 364 valence electrons.